The molecule has 6 rings (SSSR count). The van der Waals surface area contributed by atoms with E-state index >= 15 is 0 Å². The van der Waals surface area contributed by atoms with Crippen molar-refractivity contribution >= 4 is 45.7 Å². The number of fused-ring (bicyclic) bond motifs is 3. The summed E-state index contributed by atoms with van der Waals surface area (Å²) in [6, 6.07) is 10.2. The maximum atomic E-state index is 14.1. The van der Waals surface area contributed by atoms with Gasteiger partial charge in [-0.25, -0.2) is 9.97 Å². The standard InChI is InChI=1S/C25H19Cl2F3N6O/c1-35-11-13-9-14(5-6-16(13)24(12-35)7-8-24)32-23-31-10-15-19(33-23)21(25(28,29)30)34-36(22(15)37)20-17(26)3-2-4-18(20)27/h2-6,9-10H,7-8,11-12H2,1H3,(H,31,32,33). The van der Waals surface area contributed by atoms with Crippen LogP contribution in [0.1, 0.15) is 29.7 Å². The summed E-state index contributed by atoms with van der Waals surface area (Å²) in [5.41, 5.74) is 0.316. The molecule has 1 fully saturated rings. The van der Waals surface area contributed by atoms with Crippen LogP contribution in [0, 0.1) is 0 Å². The zero-order chi connectivity index (χ0) is 26.1. The van der Waals surface area contributed by atoms with Crippen molar-refractivity contribution in [3.05, 3.63) is 79.8 Å². The average Bonchev–Trinajstić information content (AvgIpc) is 3.58. The molecule has 1 aliphatic carbocycles. The van der Waals surface area contributed by atoms with Crippen LogP contribution in [-0.2, 0) is 18.1 Å². The van der Waals surface area contributed by atoms with Gasteiger partial charge in [0, 0.05) is 30.4 Å². The van der Waals surface area contributed by atoms with Crippen molar-refractivity contribution in [2.45, 2.75) is 31.0 Å². The number of nitrogens with one attached hydrogen (secondary N) is 1. The lowest BCUT2D eigenvalue weighted by Gasteiger charge is -2.32. The van der Waals surface area contributed by atoms with Gasteiger partial charge in [-0.1, -0.05) is 35.3 Å². The van der Waals surface area contributed by atoms with E-state index in [-0.39, 0.29) is 32.5 Å². The predicted octanol–water partition coefficient (Wildman–Crippen LogP) is 5.72. The van der Waals surface area contributed by atoms with Crippen molar-refractivity contribution in [3.8, 4) is 5.69 Å². The van der Waals surface area contributed by atoms with Crippen LogP contribution in [0.5, 0.6) is 0 Å². The molecule has 0 saturated heterocycles. The first-order valence-corrected chi connectivity index (χ1v) is 12.2. The summed E-state index contributed by atoms with van der Waals surface area (Å²) in [5.74, 6) is -0.0852. The van der Waals surface area contributed by atoms with Gasteiger partial charge >= 0.3 is 6.18 Å². The number of rotatable bonds is 3. The van der Waals surface area contributed by atoms with Gasteiger partial charge in [0.2, 0.25) is 5.95 Å². The van der Waals surface area contributed by atoms with Crippen LogP contribution >= 0.6 is 23.2 Å². The summed E-state index contributed by atoms with van der Waals surface area (Å²) in [6.45, 7) is 1.79. The Hall–Kier alpha value is -3.21. The minimum atomic E-state index is -4.91. The maximum absolute atomic E-state index is 14.1. The van der Waals surface area contributed by atoms with E-state index in [2.05, 4.69) is 38.4 Å². The van der Waals surface area contributed by atoms with E-state index < -0.39 is 22.9 Å². The number of anilines is 2. The molecule has 1 saturated carbocycles. The third-order valence-electron chi connectivity index (χ3n) is 6.85. The molecule has 0 bridgehead atoms. The first-order valence-electron chi connectivity index (χ1n) is 11.5. The number of likely N-dealkylation sites (N-methyl/N-ethyl adjacent to an activating group) is 1. The van der Waals surface area contributed by atoms with Crippen molar-refractivity contribution in [1.29, 1.82) is 0 Å². The quantitative estimate of drug-likeness (QED) is 0.354. The van der Waals surface area contributed by atoms with Crippen LogP contribution in [0.25, 0.3) is 16.6 Å². The molecule has 0 atom stereocenters. The first-order chi connectivity index (χ1) is 17.6. The molecule has 1 aliphatic heterocycles. The second-order valence-electron chi connectivity index (χ2n) is 9.54. The van der Waals surface area contributed by atoms with Gasteiger partial charge in [-0.15, -0.1) is 0 Å². The Kier molecular flexibility index (Phi) is 5.48. The summed E-state index contributed by atoms with van der Waals surface area (Å²) in [5, 5.41) is 6.15. The van der Waals surface area contributed by atoms with E-state index in [9.17, 15) is 18.0 Å². The molecule has 2 aromatic heterocycles. The zero-order valence-corrected chi connectivity index (χ0v) is 20.9. The smallest absolute Gasteiger partial charge is 0.324 e. The highest BCUT2D eigenvalue weighted by Crippen LogP contribution is 2.52. The number of benzene rings is 2. The van der Waals surface area contributed by atoms with Crippen LogP contribution in [0.2, 0.25) is 10.0 Å². The van der Waals surface area contributed by atoms with Crippen molar-refractivity contribution in [2.24, 2.45) is 0 Å². The molecule has 12 heteroatoms. The number of aromatic nitrogens is 4. The molecular formula is C25H19Cl2F3N6O. The Bertz CT molecular complexity index is 1610. The summed E-state index contributed by atoms with van der Waals surface area (Å²) in [7, 11) is 2.07. The molecule has 2 aromatic carbocycles. The van der Waals surface area contributed by atoms with Gasteiger partial charge in [0.15, 0.2) is 5.69 Å². The van der Waals surface area contributed by atoms with Crippen molar-refractivity contribution in [2.75, 3.05) is 18.9 Å². The molecule has 0 radical (unpaired) electrons. The minimum Gasteiger partial charge on any atom is -0.324 e. The number of nitrogens with zero attached hydrogens (tertiary/aromatic N) is 5. The normalized spacial score (nSPS) is 16.7. The van der Waals surface area contributed by atoms with Gasteiger partial charge < -0.3 is 10.2 Å². The summed E-state index contributed by atoms with van der Waals surface area (Å²) in [6.07, 6.45) is -1.57. The zero-order valence-electron chi connectivity index (χ0n) is 19.4. The minimum absolute atomic E-state index is 0.0280. The summed E-state index contributed by atoms with van der Waals surface area (Å²) >= 11 is 12.3. The molecule has 7 nitrogen and oxygen atoms in total. The molecule has 3 heterocycles. The third-order valence-corrected chi connectivity index (χ3v) is 7.46. The van der Waals surface area contributed by atoms with Crippen molar-refractivity contribution in [1.82, 2.24) is 24.6 Å². The maximum Gasteiger partial charge on any atom is 0.437 e. The van der Waals surface area contributed by atoms with Gasteiger partial charge in [0.05, 0.1) is 15.4 Å². The average molecular weight is 547 g/mol. The molecule has 4 aromatic rings. The fourth-order valence-corrected chi connectivity index (χ4v) is 5.65. The lowest BCUT2D eigenvalue weighted by molar-refractivity contribution is -0.140. The fourth-order valence-electron chi connectivity index (χ4n) is 5.10. The Morgan fingerprint density at radius 2 is 1.84 bits per heavy atom. The molecular weight excluding hydrogens is 528 g/mol. The number of halogens is 5. The van der Waals surface area contributed by atoms with E-state index in [1.807, 2.05) is 12.1 Å². The van der Waals surface area contributed by atoms with Crippen molar-refractivity contribution in [3.63, 3.8) is 0 Å². The topological polar surface area (TPSA) is 75.9 Å². The highest BCUT2D eigenvalue weighted by atomic mass is 35.5. The Labute approximate surface area is 218 Å². The van der Waals surface area contributed by atoms with Crippen LogP contribution in [0.3, 0.4) is 0 Å². The molecule has 1 spiro atoms. The lowest BCUT2D eigenvalue weighted by atomic mass is 9.87. The largest absolute Gasteiger partial charge is 0.437 e. The van der Waals surface area contributed by atoms with Crippen LogP contribution in [-0.4, -0.2) is 38.2 Å². The Balaban J connectivity index is 1.44. The molecule has 190 valence electrons. The molecule has 2 aliphatic rings. The van der Waals surface area contributed by atoms with E-state index in [1.54, 1.807) is 0 Å². The van der Waals surface area contributed by atoms with Crippen LogP contribution in [0.4, 0.5) is 24.8 Å². The number of alkyl halides is 3. The molecule has 0 amide bonds. The van der Waals surface area contributed by atoms with E-state index in [1.165, 1.54) is 23.8 Å². The van der Waals surface area contributed by atoms with Gasteiger partial charge in [0.1, 0.15) is 11.2 Å². The van der Waals surface area contributed by atoms with Gasteiger partial charge in [0.25, 0.3) is 5.56 Å². The summed E-state index contributed by atoms with van der Waals surface area (Å²) < 4.78 is 42.8. The number of para-hydroxylation sites is 1. The van der Waals surface area contributed by atoms with E-state index in [0.717, 1.165) is 37.7 Å². The van der Waals surface area contributed by atoms with Gasteiger partial charge in [-0.3, -0.25) is 4.79 Å². The predicted molar refractivity (Wildman–Crippen MR) is 135 cm³/mol. The van der Waals surface area contributed by atoms with Crippen LogP contribution in [0.15, 0.2) is 47.4 Å². The Morgan fingerprint density at radius 1 is 1.11 bits per heavy atom. The lowest BCUT2D eigenvalue weighted by Crippen LogP contribution is -2.35. The Morgan fingerprint density at radius 3 is 2.51 bits per heavy atom. The van der Waals surface area contributed by atoms with Crippen LogP contribution < -0.4 is 10.9 Å². The van der Waals surface area contributed by atoms with Gasteiger partial charge in [-0.2, -0.15) is 23.0 Å². The molecule has 37 heavy (non-hydrogen) atoms. The molecule has 1 N–H and O–H groups in total. The van der Waals surface area contributed by atoms with Crippen molar-refractivity contribution < 1.29 is 13.2 Å². The number of hydrogen-bond acceptors (Lipinski definition) is 6. The fraction of sp³-hybridized carbons (Fsp3) is 0.280. The second kappa shape index (κ2) is 8.41. The summed E-state index contributed by atoms with van der Waals surface area (Å²) in [4.78, 5) is 23.6. The van der Waals surface area contributed by atoms with E-state index in [0.29, 0.717) is 10.4 Å². The van der Waals surface area contributed by atoms with E-state index in [4.69, 9.17) is 23.2 Å². The number of hydrogen-bond donors (Lipinski definition) is 1. The monoisotopic (exact) mass is 546 g/mol. The highest BCUT2D eigenvalue weighted by molar-refractivity contribution is 6.37. The highest BCUT2D eigenvalue weighted by Gasteiger charge is 2.48. The third kappa shape index (κ3) is 4.13. The molecule has 0 unspecified atom stereocenters. The second-order valence-corrected chi connectivity index (χ2v) is 10.4. The van der Waals surface area contributed by atoms with Gasteiger partial charge in [-0.05, 0) is 55.3 Å². The SMILES string of the molecule is CN1Cc2cc(Nc3ncc4c(=O)n(-c5c(Cl)cccc5Cl)nc(C(F)(F)F)c4n3)ccc2C2(CC2)C1. The first kappa shape index (κ1) is 24.1.